The van der Waals surface area contributed by atoms with Gasteiger partial charge in [-0.1, -0.05) is 39.1 Å². The molecular formula is C16H16N2S4. The molecule has 2 aromatic heterocycles. The number of thiazole rings is 2. The van der Waals surface area contributed by atoms with Gasteiger partial charge in [-0.3, -0.25) is 0 Å². The molecule has 1 aromatic carbocycles. The van der Waals surface area contributed by atoms with Gasteiger partial charge in [-0.15, -0.1) is 22.7 Å². The first-order valence-electron chi connectivity index (χ1n) is 6.76. The van der Waals surface area contributed by atoms with Crippen molar-refractivity contribution < 1.29 is 0 Å². The zero-order valence-corrected chi connectivity index (χ0v) is 15.7. The van der Waals surface area contributed by atoms with Crippen LogP contribution in [0.2, 0.25) is 0 Å². The molecule has 0 N–H and O–H groups in total. The normalized spacial score (nSPS) is 10.1. The van der Waals surface area contributed by atoms with Crippen LogP contribution in [-0.4, -0.2) is 9.97 Å². The average Bonchev–Trinajstić information content (AvgIpc) is 3.17. The second-order valence-corrected chi connectivity index (χ2v) is 8.44. The first-order valence-corrected chi connectivity index (χ1v) is 10.5. The Labute approximate surface area is 146 Å². The Hall–Kier alpha value is -1.08. The molecule has 0 fully saturated rings. The minimum atomic E-state index is 0.900. The molecule has 2 heterocycles. The van der Waals surface area contributed by atoms with Gasteiger partial charge in [0, 0.05) is 0 Å². The molecule has 0 saturated carbocycles. The van der Waals surface area contributed by atoms with E-state index in [4.69, 9.17) is 0 Å². The minimum absolute atomic E-state index is 0.900. The number of aromatic nitrogens is 2. The van der Waals surface area contributed by atoms with Crippen molar-refractivity contribution in [3.8, 4) is 0 Å². The van der Waals surface area contributed by atoms with E-state index in [0.29, 0.717) is 0 Å². The van der Waals surface area contributed by atoms with Crippen molar-refractivity contribution in [3.05, 3.63) is 48.0 Å². The van der Waals surface area contributed by atoms with Crippen LogP contribution in [0.5, 0.6) is 0 Å². The monoisotopic (exact) mass is 364 g/mol. The summed E-state index contributed by atoms with van der Waals surface area (Å²) in [5.74, 6) is 0. The molecule has 0 amide bonds. The summed E-state index contributed by atoms with van der Waals surface area (Å²) in [5.41, 5.74) is 1.95. The van der Waals surface area contributed by atoms with Gasteiger partial charge in [0.15, 0.2) is 8.68 Å². The summed E-state index contributed by atoms with van der Waals surface area (Å²) in [6.07, 6.45) is 3.58. The van der Waals surface area contributed by atoms with Gasteiger partial charge >= 0.3 is 0 Å². The molecule has 2 nitrogen and oxygen atoms in total. The maximum Gasteiger partial charge on any atom is 0.162 e. The lowest BCUT2D eigenvalue weighted by Gasteiger charge is -1.90. The fraction of sp³-hybridized carbons (Fsp3) is 0.125. The molecule has 0 bridgehead atoms. The largest absolute Gasteiger partial charge is 0.229 e. The smallest absolute Gasteiger partial charge is 0.162 e. The lowest BCUT2D eigenvalue weighted by molar-refractivity contribution is 1.23. The molecule has 0 saturated heterocycles. The van der Waals surface area contributed by atoms with Crippen LogP contribution in [0.3, 0.4) is 0 Å². The third kappa shape index (κ3) is 4.01. The molecule has 3 rings (SSSR count). The first kappa shape index (κ1) is 17.3. The van der Waals surface area contributed by atoms with Crippen molar-refractivity contribution in [2.24, 2.45) is 0 Å². The van der Waals surface area contributed by atoms with Gasteiger partial charge in [0.1, 0.15) is 0 Å². The number of rotatable bonds is 5. The average molecular weight is 365 g/mol. The molecule has 0 unspecified atom stereocenters. The quantitative estimate of drug-likeness (QED) is 0.462. The van der Waals surface area contributed by atoms with E-state index < -0.39 is 0 Å². The Morgan fingerprint density at radius 1 is 0.955 bits per heavy atom. The molecule has 6 heteroatoms. The van der Waals surface area contributed by atoms with E-state index in [1.165, 1.54) is 4.70 Å². The third-order valence-electron chi connectivity index (χ3n) is 2.50. The number of para-hydroxylation sites is 1. The van der Waals surface area contributed by atoms with Gasteiger partial charge in [0.05, 0.1) is 20.8 Å². The molecule has 0 spiro atoms. The third-order valence-corrected chi connectivity index (χ3v) is 7.57. The Morgan fingerprint density at radius 3 is 2.23 bits per heavy atom. The predicted octanol–water partition coefficient (Wildman–Crippen LogP) is 6.86. The van der Waals surface area contributed by atoms with Crippen molar-refractivity contribution in [1.82, 2.24) is 9.97 Å². The topological polar surface area (TPSA) is 25.8 Å². The highest BCUT2D eigenvalue weighted by molar-refractivity contribution is 8.77. The molecule has 0 aliphatic carbocycles. The molecule has 22 heavy (non-hydrogen) atoms. The Morgan fingerprint density at radius 2 is 1.64 bits per heavy atom. The van der Waals surface area contributed by atoms with Crippen LogP contribution in [-0.2, 0) is 0 Å². The van der Waals surface area contributed by atoms with E-state index in [2.05, 4.69) is 29.2 Å². The van der Waals surface area contributed by atoms with Crippen molar-refractivity contribution in [2.75, 3.05) is 0 Å². The van der Waals surface area contributed by atoms with Gasteiger partial charge in [0.25, 0.3) is 0 Å². The van der Waals surface area contributed by atoms with Gasteiger partial charge in [0.2, 0.25) is 0 Å². The highest BCUT2D eigenvalue weighted by atomic mass is 33.1. The summed E-state index contributed by atoms with van der Waals surface area (Å²) in [5, 5.41) is 0. The van der Waals surface area contributed by atoms with Crippen LogP contribution in [0.25, 0.3) is 22.4 Å². The van der Waals surface area contributed by atoms with E-state index in [0.717, 1.165) is 24.8 Å². The number of benzene rings is 1. The van der Waals surface area contributed by atoms with E-state index in [9.17, 15) is 0 Å². The van der Waals surface area contributed by atoms with E-state index >= 15 is 0 Å². The Kier molecular flexibility index (Phi) is 6.70. The van der Waals surface area contributed by atoms with E-state index in [1.54, 1.807) is 50.3 Å². The zero-order chi connectivity index (χ0) is 15.9. The summed E-state index contributed by atoms with van der Waals surface area (Å²) in [6, 6.07) is 8.18. The summed E-state index contributed by atoms with van der Waals surface area (Å²) in [7, 11) is 3.28. The number of hydrogen-bond acceptors (Lipinski definition) is 6. The fourth-order valence-electron chi connectivity index (χ4n) is 1.61. The van der Waals surface area contributed by atoms with Crippen LogP contribution in [0.15, 0.2) is 46.1 Å². The van der Waals surface area contributed by atoms with Crippen LogP contribution in [0.1, 0.15) is 24.4 Å². The molecular weight excluding hydrogens is 348 g/mol. The van der Waals surface area contributed by atoms with Gasteiger partial charge in [-0.25, -0.2) is 9.97 Å². The van der Waals surface area contributed by atoms with Gasteiger partial charge < -0.3 is 0 Å². The lowest BCUT2D eigenvalue weighted by Crippen LogP contribution is -1.72. The summed E-state index contributed by atoms with van der Waals surface area (Å²) in [4.78, 5) is 10.2. The SMILES string of the molecule is C=Cc1nc(SSc2nc3ccccc3s2)sc1C=C.CC. The number of hydrogen-bond donors (Lipinski definition) is 0. The molecule has 114 valence electrons. The standard InChI is InChI=1S/C14H10N2S4.C2H6/c1-3-9-11(4-2)17-13(15-9)19-20-14-16-10-7-5-6-8-12(10)18-14;1-2/h3-8H,1-2H2;1-2H3. The molecule has 0 aliphatic heterocycles. The Balaban J connectivity index is 0.000000847. The summed E-state index contributed by atoms with van der Waals surface area (Å²) >= 11 is 3.34. The highest BCUT2D eigenvalue weighted by Crippen LogP contribution is 2.43. The van der Waals surface area contributed by atoms with E-state index in [-0.39, 0.29) is 0 Å². The van der Waals surface area contributed by atoms with Crippen molar-refractivity contribution in [2.45, 2.75) is 22.5 Å². The van der Waals surface area contributed by atoms with Crippen LogP contribution in [0, 0.1) is 0 Å². The molecule has 0 aliphatic rings. The van der Waals surface area contributed by atoms with Crippen molar-refractivity contribution in [3.63, 3.8) is 0 Å². The maximum atomic E-state index is 4.59. The second-order valence-electron chi connectivity index (χ2n) is 3.75. The molecule has 3 aromatic rings. The maximum absolute atomic E-state index is 4.59. The fourth-order valence-corrected chi connectivity index (χ4v) is 6.06. The zero-order valence-electron chi connectivity index (χ0n) is 12.4. The minimum Gasteiger partial charge on any atom is -0.229 e. The lowest BCUT2D eigenvalue weighted by atomic mass is 10.3. The molecule has 0 radical (unpaired) electrons. The highest BCUT2D eigenvalue weighted by Gasteiger charge is 2.09. The van der Waals surface area contributed by atoms with Crippen LogP contribution in [0.4, 0.5) is 0 Å². The number of nitrogens with zero attached hydrogens (tertiary/aromatic N) is 2. The van der Waals surface area contributed by atoms with E-state index in [1.807, 2.05) is 38.1 Å². The summed E-state index contributed by atoms with van der Waals surface area (Å²) in [6.45, 7) is 11.6. The second kappa shape index (κ2) is 8.53. The molecule has 0 atom stereocenters. The summed E-state index contributed by atoms with van der Waals surface area (Å²) < 4.78 is 3.26. The first-order chi connectivity index (χ1) is 10.8. The predicted molar refractivity (Wildman–Crippen MR) is 105 cm³/mol. The van der Waals surface area contributed by atoms with Crippen molar-refractivity contribution in [1.29, 1.82) is 0 Å². The van der Waals surface area contributed by atoms with Crippen LogP contribution >= 0.6 is 44.3 Å². The van der Waals surface area contributed by atoms with Crippen LogP contribution < -0.4 is 0 Å². The van der Waals surface area contributed by atoms with Gasteiger partial charge in [-0.05, 0) is 45.9 Å². The number of fused-ring (bicyclic) bond motifs is 1. The van der Waals surface area contributed by atoms with Crippen molar-refractivity contribution >= 4 is 66.6 Å². The van der Waals surface area contributed by atoms with Gasteiger partial charge in [-0.2, -0.15) is 0 Å². The Bertz CT molecular complexity index is 715.